The molecule has 0 aromatic carbocycles. The van der Waals surface area contributed by atoms with Gasteiger partial charge in [0.05, 0.1) is 18.9 Å². The molecular weight excluding hydrogens is 280 g/mol. The first-order valence-electron chi connectivity index (χ1n) is 6.62. The van der Waals surface area contributed by atoms with Crippen LogP contribution in [0.4, 0.5) is 5.00 Å². The lowest BCUT2D eigenvalue weighted by Gasteiger charge is -2.26. The van der Waals surface area contributed by atoms with Gasteiger partial charge in [-0.1, -0.05) is 0 Å². The second kappa shape index (κ2) is 6.51. The van der Waals surface area contributed by atoms with Crippen molar-refractivity contribution in [3.8, 4) is 0 Å². The molecule has 1 N–H and O–H groups in total. The lowest BCUT2D eigenvalue weighted by Crippen LogP contribution is -2.39. The first-order chi connectivity index (χ1) is 9.62. The van der Waals surface area contributed by atoms with E-state index in [0.717, 1.165) is 11.4 Å². The number of carbonyl (C=O) groups is 1. The van der Waals surface area contributed by atoms with Crippen LogP contribution in [-0.4, -0.2) is 49.4 Å². The van der Waals surface area contributed by atoms with E-state index >= 15 is 0 Å². The number of methoxy groups -OCH3 is 1. The van der Waals surface area contributed by atoms with Gasteiger partial charge in [-0.25, -0.2) is 4.79 Å². The Hall–Kier alpha value is -1.18. The van der Waals surface area contributed by atoms with Crippen molar-refractivity contribution < 1.29 is 19.0 Å². The Morgan fingerprint density at radius 1 is 1.60 bits per heavy atom. The first kappa shape index (κ1) is 15.2. The third-order valence-corrected chi connectivity index (χ3v) is 4.31. The Labute approximate surface area is 122 Å². The zero-order valence-electron chi connectivity index (χ0n) is 12.0. The molecule has 1 fully saturated rings. The summed E-state index contributed by atoms with van der Waals surface area (Å²) in [6.45, 7) is 5.78. The third-order valence-electron chi connectivity index (χ3n) is 3.41. The molecule has 0 bridgehead atoms. The molecule has 1 aromatic heterocycles. The van der Waals surface area contributed by atoms with Crippen LogP contribution in [0.2, 0.25) is 0 Å². The minimum atomic E-state index is -0.338. The number of carbonyl (C=O) groups excluding carboxylic acids is 1. The van der Waals surface area contributed by atoms with E-state index in [4.69, 9.17) is 14.2 Å². The summed E-state index contributed by atoms with van der Waals surface area (Å²) in [4.78, 5) is 11.9. The summed E-state index contributed by atoms with van der Waals surface area (Å²) in [5.41, 5.74) is 0.871. The average Bonchev–Trinajstić information content (AvgIpc) is 3.04. The Balaban J connectivity index is 2.08. The number of nitrogens with zero attached hydrogens (tertiary/aromatic N) is 1. The van der Waals surface area contributed by atoms with Crippen LogP contribution in [0, 0.1) is 6.92 Å². The maximum absolute atomic E-state index is 11.9. The van der Waals surface area contributed by atoms with Crippen molar-refractivity contribution >= 4 is 22.5 Å². The highest BCUT2D eigenvalue weighted by Crippen LogP contribution is 2.28. The lowest BCUT2D eigenvalue weighted by atomic mass is 10.0. The maximum atomic E-state index is 11.9. The molecule has 1 unspecified atom stereocenters. The molecule has 2 heterocycles. The summed E-state index contributed by atoms with van der Waals surface area (Å²) >= 11 is 1.26. The second-order valence-electron chi connectivity index (χ2n) is 4.74. The van der Waals surface area contributed by atoms with E-state index in [2.05, 4.69) is 9.69 Å². The molecule has 20 heavy (non-hydrogen) atoms. The first-order valence-corrected chi connectivity index (χ1v) is 7.39. The van der Waals surface area contributed by atoms with E-state index in [9.17, 15) is 4.79 Å². The highest BCUT2D eigenvalue weighted by Gasteiger charge is 2.35. The zero-order valence-corrected chi connectivity index (χ0v) is 12.8. The fraction of sp³-hybridized carbons (Fsp3) is 0.692. The monoisotopic (exact) mass is 300 g/mol. The SMILES string of the molecule is CCOC(=O)c1c(C)nsc1NCC1(OC)CCOC1. The molecule has 1 atom stereocenters. The van der Waals surface area contributed by atoms with Crippen molar-refractivity contribution in [2.24, 2.45) is 0 Å². The Bertz CT molecular complexity index is 469. The van der Waals surface area contributed by atoms with E-state index in [0.29, 0.717) is 37.6 Å². The van der Waals surface area contributed by atoms with Gasteiger partial charge >= 0.3 is 5.97 Å². The van der Waals surface area contributed by atoms with Crippen molar-refractivity contribution in [3.05, 3.63) is 11.3 Å². The van der Waals surface area contributed by atoms with E-state index in [1.165, 1.54) is 11.5 Å². The van der Waals surface area contributed by atoms with Crippen molar-refractivity contribution in [2.75, 3.05) is 38.8 Å². The Morgan fingerprint density at radius 2 is 2.40 bits per heavy atom. The minimum Gasteiger partial charge on any atom is -0.462 e. The van der Waals surface area contributed by atoms with Crippen LogP contribution in [0.3, 0.4) is 0 Å². The van der Waals surface area contributed by atoms with Crippen molar-refractivity contribution in [2.45, 2.75) is 25.9 Å². The fourth-order valence-electron chi connectivity index (χ4n) is 2.14. The molecule has 7 heteroatoms. The van der Waals surface area contributed by atoms with Crippen LogP contribution in [0.1, 0.15) is 29.4 Å². The molecule has 1 aliphatic heterocycles. The number of rotatable bonds is 6. The molecule has 1 aromatic rings. The van der Waals surface area contributed by atoms with Gasteiger partial charge in [0.2, 0.25) is 0 Å². The molecule has 0 saturated carbocycles. The van der Waals surface area contributed by atoms with E-state index in [1.54, 1.807) is 21.0 Å². The van der Waals surface area contributed by atoms with E-state index < -0.39 is 0 Å². The van der Waals surface area contributed by atoms with Gasteiger partial charge < -0.3 is 19.5 Å². The largest absolute Gasteiger partial charge is 0.462 e. The lowest BCUT2D eigenvalue weighted by molar-refractivity contribution is -0.00618. The van der Waals surface area contributed by atoms with Crippen LogP contribution in [-0.2, 0) is 14.2 Å². The summed E-state index contributed by atoms with van der Waals surface area (Å²) in [6.07, 6.45) is 0.836. The van der Waals surface area contributed by atoms with Gasteiger partial charge in [0.15, 0.2) is 0 Å². The van der Waals surface area contributed by atoms with Crippen molar-refractivity contribution in [1.82, 2.24) is 4.37 Å². The standard InChI is InChI=1S/C13H20N2O4S/c1-4-19-12(16)10-9(2)15-20-11(10)14-7-13(17-3)5-6-18-8-13/h14H,4-8H2,1-3H3. The number of esters is 1. The molecule has 1 saturated heterocycles. The van der Waals surface area contributed by atoms with Crippen LogP contribution < -0.4 is 5.32 Å². The maximum Gasteiger partial charge on any atom is 0.343 e. The Kier molecular flexibility index (Phi) is 4.95. The number of anilines is 1. The van der Waals surface area contributed by atoms with Crippen molar-refractivity contribution in [1.29, 1.82) is 0 Å². The summed E-state index contributed by atoms with van der Waals surface area (Å²) in [5, 5.41) is 3.98. The van der Waals surface area contributed by atoms with Gasteiger partial charge in [0.1, 0.15) is 16.2 Å². The van der Waals surface area contributed by atoms with Gasteiger partial charge in [-0.3, -0.25) is 0 Å². The number of nitrogens with one attached hydrogen (secondary N) is 1. The van der Waals surface area contributed by atoms with Crippen LogP contribution in [0.5, 0.6) is 0 Å². The van der Waals surface area contributed by atoms with Crippen LogP contribution in [0.15, 0.2) is 0 Å². The normalized spacial score (nSPS) is 21.9. The fourth-order valence-corrected chi connectivity index (χ4v) is 2.92. The predicted octanol–water partition coefficient (Wildman–Crippen LogP) is 1.85. The van der Waals surface area contributed by atoms with Gasteiger partial charge in [0.25, 0.3) is 0 Å². The number of ether oxygens (including phenoxy) is 3. The van der Waals surface area contributed by atoms with Gasteiger partial charge in [-0.2, -0.15) is 4.37 Å². The van der Waals surface area contributed by atoms with E-state index in [1.807, 2.05) is 0 Å². The number of hydrogen-bond donors (Lipinski definition) is 1. The molecule has 6 nitrogen and oxygen atoms in total. The quantitative estimate of drug-likeness (QED) is 0.809. The summed E-state index contributed by atoms with van der Waals surface area (Å²) in [6, 6.07) is 0. The predicted molar refractivity (Wildman–Crippen MR) is 76.5 cm³/mol. The van der Waals surface area contributed by atoms with Gasteiger partial charge in [0, 0.05) is 26.7 Å². The van der Waals surface area contributed by atoms with Crippen LogP contribution in [0.25, 0.3) is 0 Å². The molecule has 0 radical (unpaired) electrons. The smallest absolute Gasteiger partial charge is 0.343 e. The highest BCUT2D eigenvalue weighted by molar-refractivity contribution is 7.10. The molecule has 0 spiro atoms. The topological polar surface area (TPSA) is 69.7 Å². The Morgan fingerprint density at radius 3 is 3.00 bits per heavy atom. The zero-order chi connectivity index (χ0) is 14.6. The number of aromatic nitrogens is 1. The molecule has 2 rings (SSSR count). The number of aryl methyl sites for hydroxylation is 1. The summed E-state index contributed by atoms with van der Waals surface area (Å²) in [7, 11) is 1.68. The average molecular weight is 300 g/mol. The highest BCUT2D eigenvalue weighted by atomic mass is 32.1. The molecule has 0 amide bonds. The van der Waals surface area contributed by atoms with Crippen molar-refractivity contribution in [3.63, 3.8) is 0 Å². The van der Waals surface area contributed by atoms with Gasteiger partial charge in [-0.15, -0.1) is 0 Å². The molecular formula is C13H20N2O4S. The third kappa shape index (κ3) is 3.11. The van der Waals surface area contributed by atoms with Crippen LogP contribution >= 0.6 is 11.5 Å². The summed E-state index contributed by atoms with van der Waals surface area (Å²) < 4.78 is 20.2. The summed E-state index contributed by atoms with van der Waals surface area (Å²) in [5.74, 6) is -0.338. The van der Waals surface area contributed by atoms with Gasteiger partial charge in [-0.05, 0) is 25.4 Å². The van der Waals surface area contributed by atoms with E-state index in [-0.39, 0.29) is 11.6 Å². The minimum absolute atomic E-state index is 0.330. The molecule has 112 valence electrons. The molecule has 0 aliphatic carbocycles. The number of hydrogen-bond acceptors (Lipinski definition) is 7. The molecule has 1 aliphatic rings. The second-order valence-corrected chi connectivity index (χ2v) is 5.51.